The summed E-state index contributed by atoms with van der Waals surface area (Å²) in [5.41, 5.74) is 1.34. The lowest BCUT2D eigenvalue weighted by Crippen LogP contribution is -2.36. The predicted molar refractivity (Wildman–Crippen MR) is 104 cm³/mol. The van der Waals surface area contributed by atoms with Crippen LogP contribution in [0.1, 0.15) is 17.5 Å². The van der Waals surface area contributed by atoms with Crippen LogP contribution in [0.25, 0.3) is 0 Å². The number of pyridine rings is 1. The van der Waals surface area contributed by atoms with Gasteiger partial charge in [-0.25, -0.2) is 4.98 Å². The van der Waals surface area contributed by atoms with E-state index >= 15 is 0 Å². The molecule has 1 aliphatic heterocycles. The van der Waals surface area contributed by atoms with Gasteiger partial charge in [0.1, 0.15) is 17.6 Å². The van der Waals surface area contributed by atoms with E-state index in [4.69, 9.17) is 16.3 Å². The Labute approximate surface area is 163 Å². The van der Waals surface area contributed by atoms with Gasteiger partial charge in [-0.3, -0.25) is 4.79 Å². The average Bonchev–Trinajstić information content (AvgIpc) is 2.94. The van der Waals surface area contributed by atoms with Crippen LogP contribution in [0.2, 0.25) is 5.02 Å². The third kappa shape index (κ3) is 4.50. The first kappa shape index (κ1) is 19.0. The minimum absolute atomic E-state index is 0.0407. The molecule has 140 valence electrons. The molecule has 0 bridgehead atoms. The minimum Gasteiger partial charge on any atom is -0.496 e. The summed E-state index contributed by atoms with van der Waals surface area (Å²) in [6, 6.07) is 11.0. The van der Waals surface area contributed by atoms with Gasteiger partial charge in [-0.1, -0.05) is 11.6 Å². The molecule has 1 aliphatic rings. The number of halogens is 1. The smallest absolute Gasteiger partial charge is 0.227 e. The van der Waals surface area contributed by atoms with Crippen molar-refractivity contribution in [3.63, 3.8) is 0 Å². The van der Waals surface area contributed by atoms with Gasteiger partial charge in [-0.15, -0.1) is 0 Å². The molecule has 6 nitrogen and oxygen atoms in total. The normalized spacial score (nSPS) is 14.4. The molecule has 1 amide bonds. The fourth-order valence-corrected chi connectivity index (χ4v) is 3.47. The zero-order valence-corrected chi connectivity index (χ0v) is 15.9. The van der Waals surface area contributed by atoms with Crippen molar-refractivity contribution in [1.82, 2.24) is 9.88 Å². The fraction of sp³-hybridized carbons (Fsp3) is 0.350. The van der Waals surface area contributed by atoms with Crippen LogP contribution in [0.5, 0.6) is 5.75 Å². The van der Waals surface area contributed by atoms with Crippen LogP contribution in [0.4, 0.5) is 5.82 Å². The van der Waals surface area contributed by atoms with E-state index in [1.807, 2.05) is 4.90 Å². The largest absolute Gasteiger partial charge is 0.496 e. The lowest BCUT2D eigenvalue weighted by atomic mass is 10.1. The maximum Gasteiger partial charge on any atom is 0.227 e. The van der Waals surface area contributed by atoms with Crippen molar-refractivity contribution in [2.45, 2.75) is 12.8 Å². The van der Waals surface area contributed by atoms with Gasteiger partial charge in [0.15, 0.2) is 0 Å². The van der Waals surface area contributed by atoms with Gasteiger partial charge in [0.25, 0.3) is 0 Å². The van der Waals surface area contributed by atoms with Crippen molar-refractivity contribution in [3.8, 4) is 11.8 Å². The number of carbonyl (C=O) groups is 1. The van der Waals surface area contributed by atoms with Gasteiger partial charge in [0.05, 0.1) is 19.1 Å². The highest BCUT2D eigenvalue weighted by Crippen LogP contribution is 2.24. The molecular formula is C20H21ClN4O2. The third-order valence-electron chi connectivity index (χ3n) is 4.64. The van der Waals surface area contributed by atoms with Crippen LogP contribution < -0.4 is 9.64 Å². The average molecular weight is 385 g/mol. The molecule has 2 heterocycles. The highest BCUT2D eigenvalue weighted by atomic mass is 35.5. The molecule has 27 heavy (non-hydrogen) atoms. The molecule has 1 aromatic heterocycles. The molecule has 1 aromatic carbocycles. The van der Waals surface area contributed by atoms with E-state index in [1.165, 1.54) is 0 Å². The van der Waals surface area contributed by atoms with Crippen molar-refractivity contribution >= 4 is 23.3 Å². The van der Waals surface area contributed by atoms with Crippen molar-refractivity contribution in [2.75, 3.05) is 38.2 Å². The SMILES string of the molecule is COc1ccc(Cl)cc1CC(=O)N1CCCN(c2ncccc2C#N)CC1. The van der Waals surface area contributed by atoms with E-state index < -0.39 is 0 Å². The third-order valence-corrected chi connectivity index (χ3v) is 4.87. The molecule has 7 heteroatoms. The second kappa shape index (κ2) is 8.74. The first-order valence-corrected chi connectivity index (χ1v) is 9.20. The summed E-state index contributed by atoms with van der Waals surface area (Å²) in [6.07, 6.45) is 2.76. The summed E-state index contributed by atoms with van der Waals surface area (Å²) in [6.45, 7) is 2.66. The number of hydrogen-bond donors (Lipinski definition) is 0. The molecule has 0 radical (unpaired) electrons. The molecule has 0 aliphatic carbocycles. The van der Waals surface area contributed by atoms with Gasteiger partial charge in [-0.05, 0) is 36.8 Å². The maximum atomic E-state index is 12.8. The van der Waals surface area contributed by atoms with Crippen molar-refractivity contribution < 1.29 is 9.53 Å². The molecular weight excluding hydrogens is 364 g/mol. The molecule has 0 saturated carbocycles. The Balaban J connectivity index is 1.68. The number of carbonyl (C=O) groups excluding carboxylic acids is 1. The van der Waals surface area contributed by atoms with Crippen LogP contribution in [-0.4, -0.2) is 49.1 Å². The first-order chi connectivity index (χ1) is 13.1. The predicted octanol–water partition coefficient (Wildman–Crippen LogP) is 2.90. The standard InChI is InChI=1S/C20H21ClN4O2/c1-27-18-6-5-17(21)12-16(18)13-19(26)24-8-3-9-25(11-10-24)20-15(14-22)4-2-7-23-20/h2,4-7,12H,3,8-11,13H2,1H3. The Kier molecular flexibility index (Phi) is 6.15. The van der Waals surface area contributed by atoms with E-state index in [1.54, 1.807) is 43.6 Å². The van der Waals surface area contributed by atoms with Gasteiger partial charge >= 0.3 is 0 Å². The molecule has 2 aromatic rings. The summed E-state index contributed by atoms with van der Waals surface area (Å²) in [5, 5.41) is 9.87. The lowest BCUT2D eigenvalue weighted by molar-refractivity contribution is -0.130. The summed E-state index contributed by atoms with van der Waals surface area (Å²) >= 11 is 6.06. The number of benzene rings is 1. The van der Waals surface area contributed by atoms with E-state index in [0.29, 0.717) is 41.8 Å². The maximum absolute atomic E-state index is 12.8. The number of rotatable bonds is 4. The van der Waals surface area contributed by atoms with Crippen LogP contribution in [-0.2, 0) is 11.2 Å². The van der Waals surface area contributed by atoms with Crippen molar-refractivity contribution in [3.05, 3.63) is 52.7 Å². The molecule has 0 atom stereocenters. The van der Waals surface area contributed by atoms with Gasteiger partial charge < -0.3 is 14.5 Å². The number of nitriles is 1. The van der Waals surface area contributed by atoms with Crippen molar-refractivity contribution in [2.24, 2.45) is 0 Å². The van der Waals surface area contributed by atoms with E-state index in [9.17, 15) is 10.1 Å². The van der Waals surface area contributed by atoms with Crippen LogP contribution in [0, 0.1) is 11.3 Å². The Hall–Kier alpha value is -2.78. The van der Waals surface area contributed by atoms with Gasteiger partial charge in [0, 0.05) is 43.0 Å². The molecule has 1 saturated heterocycles. The van der Waals surface area contributed by atoms with Crippen molar-refractivity contribution in [1.29, 1.82) is 5.26 Å². The zero-order chi connectivity index (χ0) is 19.2. The van der Waals surface area contributed by atoms with E-state index in [2.05, 4.69) is 16.0 Å². The quantitative estimate of drug-likeness (QED) is 0.810. The first-order valence-electron chi connectivity index (χ1n) is 8.82. The van der Waals surface area contributed by atoms with Crippen LogP contribution in [0.3, 0.4) is 0 Å². The monoisotopic (exact) mass is 384 g/mol. The van der Waals surface area contributed by atoms with Crippen LogP contribution >= 0.6 is 11.6 Å². The number of ether oxygens (including phenoxy) is 1. The summed E-state index contributed by atoms with van der Waals surface area (Å²) < 4.78 is 5.34. The number of methoxy groups -OCH3 is 1. The molecule has 3 rings (SSSR count). The lowest BCUT2D eigenvalue weighted by Gasteiger charge is -2.23. The summed E-state index contributed by atoms with van der Waals surface area (Å²) in [4.78, 5) is 21.1. The summed E-state index contributed by atoms with van der Waals surface area (Å²) in [7, 11) is 1.58. The van der Waals surface area contributed by atoms with Gasteiger partial charge in [0.2, 0.25) is 5.91 Å². The zero-order valence-electron chi connectivity index (χ0n) is 15.2. The summed E-state index contributed by atoms with van der Waals surface area (Å²) in [5.74, 6) is 1.39. The Morgan fingerprint density at radius 3 is 2.93 bits per heavy atom. The number of hydrogen-bond acceptors (Lipinski definition) is 5. The highest BCUT2D eigenvalue weighted by molar-refractivity contribution is 6.30. The van der Waals surface area contributed by atoms with Crippen LogP contribution in [0.15, 0.2) is 36.5 Å². The molecule has 1 fully saturated rings. The second-order valence-electron chi connectivity index (χ2n) is 6.34. The van der Waals surface area contributed by atoms with E-state index in [0.717, 1.165) is 18.5 Å². The Morgan fingerprint density at radius 1 is 1.30 bits per heavy atom. The number of anilines is 1. The molecule has 0 unspecified atom stereocenters. The molecule has 0 N–H and O–H groups in total. The topological polar surface area (TPSA) is 69.5 Å². The van der Waals surface area contributed by atoms with Gasteiger partial charge in [-0.2, -0.15) is 5.26 Å². The number of amides is 1. The highest BCUT2D eigenvalue weighted by Gasteiger charge is 2.22. The molecule has 0 spiro atoms. The number of aromatic nitrogens is 1. The Morgan fingerprint density at radius 2 is 2.15 bits per heavy atom. The minimum atomic E-state index is 0.0407. The second-order valence-corrected chi connectivity index (χ2v) is 6.78. The Bertz CT molecular complexity index is 865. The van der Waals surface area contributed by atoms with E-state index in [-0.39, 0.29) is 12.3 Å². The fourth-order valence-electron chi connectivity index (χ4n) is 3.27. The number of nitrogens with zero attached hydrogens (tertiary/aromatic N) is 4.